The zero-order valence-electron chi connectivity index (χ0n) is 8.52. The van der Waals surface area contributed by atoms with Gasteiger partial charge in [0.25, 0.3) is 0 Å². The van der Waals surface area contributed by atoms with Crippen LogP contribution in [0.5, 0.6) is 0 Å². The fraction of sp³-hybridized carbons (Fsp3) is 0.667. The molecule has 1 aliphatic carbocycles. The number of nitrogens with one attached hydrogen (secondary N) is 1. The Morgan fingerprint density at radius 1 is 1.67 bits per heavy atom. The summed E-state index contributed by atoms with van der Waals surface area (Å²) in [6, 6.07) is 0.424. The number of aromatic nitrogens is 3. The number of rotatable bonds is 5. The average molecular weight is 209 g/mol. The number of hydrogen-bond acceptors (Lipinski definition) is 4. The van der Waals surface area contributed by atoms with Gasteiger partial charge in [-0.25, -0.2) is 0 Å². The smallest absolute Gasteiger partial charge is 0.222 e. The van der Waals surface area contributed by atoms with Gasteiger partial charge in [-0.3, -0.25) is 9.48 Å². The largest absolute Gasteiger partial charge is 0.353 e. The molecule has 1 heterocycles. The minimum absolute atomic E-state index is 0.0855. The van der Waals surface area contributed by atoms with Crippen molar-refractivity contribution in [2.45, 2.75) is 38.4 Å². The molecule has 0 saturated heterocycles. The van der Waals surface area contributed by atoms with Crippen LogP contribution in [-0.4, -0.2) is 26.9 Å². The molecule has 15 heavy (non-hydrogen) atoms. The van der Waals surface area contributed by atoms with E-state index in [1.807, 2.05) is 0 Å². The molecule has 1 fully saturated rings. The molecule has 2 rings (SSSR count). The fourth-order valence-electron chi connectivity index (χ4n) is 1.28. The van der Waals surface area contributed by atoms with Crippen LogP contribution in [0.15, 0.2) is 6.20 Å². The number of aryl methyl sites for hydroxylation is 1. The van der Waals surface area contributed by atoms with E-state index in [1.165, 1.54) is 0 Å². The second-order valence-corrected chi connectivity index (χ2v) is 3.77. The molecule has 0 bridgehead atoms. The highest BCUT2D eigenvalue weighted by molar-refractivity contribution is 5.76. The predicted molar refractivity (Wildman–Crippen MR) is 53.7 cm³/mol. The summed E-state index contributed by atoms with van der Waals surface area (Å²) in [5, 5.41) is 10.6. The number of hydrogen-bond donors (Lipinski definition) is 2. The van der Waals surface area contributed by atoms with E-state index in [9.17, 15) is 4.79 Å². The Hall–Kier alpha value is -1.43. The molecule has 0 unspecified atom stereocenters. The highest BCUT2D eigenvalue weighted by Gasteiger charge is 2.22. The maximum absolute atomic E-state index is 11.3. The summed E-state index contributed by atoms with van der Waals surface area (Å²) in [5.41, 5.74) is 6.15. The molecule has 1 amide bonds. The minimum Gasteiger partial charge on any atom is -0.353 e. The molecular weight excluding hydrogens is 194 g/mol. The Balaban J connectivity index is 1.73. The van der Waals surface area contributed by atoms with Gasteiger partial charge in [0.15, 0.2) is 0 Å². The maximum atomic E-state index is 11.3. The van der Waals surface area contributed by atoms with Crippen molar-refractivity contribution in [2.75, 3.05) is 0 Å². The molecule has 0 aromatic carbocycles. The summed E-state index contributed by atoms with van der Waals surface area (Å²) in [5.74, 6) is 0.0855. The number of carbonyl (C=O) groups is 1. The summed E-state index contributed by atoms with van der Waals surface area (Å²) in [6.07, 6.45) is 4.45. The quantitative estimate of drug-likeness (QED) is 0.678. The number of nitrogens with zero attached hydrogens (tertiary/aromatic N) is 3. The van der Waals surface area contributed by atoms with Crippen LogP contribution in [0.3, 0.4) is 0 Å². The molecule has 0 radical (unpaired) electrons. The first-order chi connectivity index (χ1) is 7.28. The Morgan fingerprint density at radius 3 is 3.07 bits per heavy atom. The van der Waals surface area contributed by atoms with E-state index in [1.54, 1.807) is 10.9 Å². The van der Waals surface area contributed by atoms with Crippen LogP contribution in [0, 0.1) is 0 Å². The highest BCUT2D eigenvalue weighted by Crippen LogP contribution is 2.18. The van der Waals surface area contributed by atoms with E-state index < -0.39 is 0 Å². The molecule has 0 atom stereocenters. The number of nitrogens with two attached hydrogens (primary N) is 1. The third-order valence-electron chi connectivity index (χ3n) is 2.31. The summed E-state index contributed by atoms with van der Waals surface area (Å²) in [7, 11) is 0. The van der Waals surface area contributed by atoms with Gasteiger partial charge >= 0.3 is 0 Å². The fourth-order valence-corrected chi connectivity index (χ4v) is 1.28. The molecule has 3 N–H and O–H groups in total. The van der Waals surface area contributed by atoms with Gasteiger partial charge < -0.3 is 11.1 Å². The zero-order valence-corrected chi connectivity index (χ0v) is 8.52. The van der Waals surface area contributed by atoms with E-state index in [-0.39, 0.29) is 5.91 Å². The molecule has 0 aliphatic heterocycles. The standard InChI is InChI=1S/C9H15N5O/c10-5-8-6-14(13-12-8)4-3-9(15)11-7-1-2-7/h6-7H,1-5,10H2,(H,11,15). The first-order valence-electron chi connectivity index (χ1n) is 5.16. The molecule has 1 aromatic rings. The molecule has 82 valence electrons. The lowest BCUT2D eigenvalue weighted by Gasteiger charge is -2.02. The summed E-state index contributed by atoms with van der Waals surface area (Å²) >= 11 is 0. The Bertz CT molecular complexity index is 344. The van der Waals surface area contributed by atoms with Crippen LogP contribution in [0.25, 0.3) is 0 Å². The SMILES string of the molecule is NCc1cn(CCC(=O)NC2CC2)nn1. The van der Waals surface area contributed by atoms with Crippen LogP contribution >= 0.6 is 0 Å². The van der Waals surface area contributed by atoms with Crippen molar-refractivity contribution in [3.63, 3.8) is 0 Å². The lowest BCUT2D eigenvalue weighted by molar-refractivity contribution is -0.121. The summed E-state index contributed by atoms with van der Waals surface area (Å²) in [6.45, 7) is 0.944. The van der Waals surface area contributed by atoms with Crippen molar-refractivity contribution >= 4 is 5.91 Å². The Kier molecular flexibility index (Phi) is 2.96. The average Bonchev–Trinajstić information content (AvgIpc) is 2.92. The topological polar surface area (TPSA) is 85.8 Å². The lowest BCUT2D eigenvalue weighted by atomic mass is 10.4. The van der Waals surface area contributed by atoms with Crippen LogP contribution in [0.1, 0.15) is 25.0 Å². The van der Waals surface area contributed by atoms with Gasteiger partial charge in [-0.2, -0.15) is 0 Å². The third-order valence-corrected chi connectivity index (χ3v) is 2.31. The lowest BCUT2D eigenvalue weighted by Crippen LogP contribution is -2.26. The van der Waals surface area contributed by atoms with Gasteiger partial charge in [0.2, 0.25) is 5.91 Å². The molecule has 1 saturated carbocycles. The van der Waals surface area contributed by atoms with Gasteiger partial charge in [-0.1, -0.05) is 5.21 Å². The molecule has 1 aromatic heterocycles. The zero-order chi connectivity index (χ0) is 10.7. The number of amides is 1. The molecule has 6 heteroatoms. The maximum Gasteiger partial charge on any atom is 0.222 e. The summed E-state index contributed by atoms with van der Waals surface area (Å²) in [4.78, 5) is 11.3. The van der Waals surface area contributed by atoms with Crippen molar-refractivity contribution in [1.29, 1.82) is 0 Å². The van der Waals surface area contributed by atoms with Crippen LogP contribution in [-0.2, 0) is 17.9 Å². The van der Waals surface area contributed by atoms with E-state index in [4.69, 9.17) is 5.73 Å². The molecule has 0 spiro atoms. The van der Waals surface area contributed by atoms with Crippen LogP contribution < -0.4 is 11.1 Å². The highest BCUT2D eigenvalue weighted by atomic mass is 16.1. The van der Waals surface area contributed by atoms with Gasteiger partial charge in [0.1, 0.15) is 0 Å². The van der Waals surface area contributed by atoms with Gasteiger partial charge in [0.05, 0.1) is 12.2 Å². The third kappa shape index (κ3) is 3.02. The molecule has 1 aliphatic rings. The first-order valence-corrected chi connectivity index (χ1v) is 5.16. The molecule has 6 nitrogen and oxygen atoms in total. The van der Waals surface area contributed by atoms with Crippen molar-refractivity contribution in [2.24, 2.45) is 5.73 Å². The van der Waals surface area contributed by atoms with Crippen molar-refractivity contribution in [1.82, 2.24) is 20.3 Å². The predicted octanol–water partition coefficient (Wildman–Crippen LogP) is -0.595. The van der Waals surface area contributed by atoms with Gasteiger partial charge in [0, 0.05) is 25.2 Å². The van der Waals surface area contributed by atoms with Crippen LogP contribution in [0.4, 0.5) is 0 Å². The minimum atomic E-state index is 0.0855. The summed E-state index contributed by atoms with van der Waals surface area (Å²) < 4.78 is 1.65. The van der Waals surface area contributed by atoms with Crippen LogP contribution in [0.2, 0.25) is 0 Å². The van der Waals surface area contributed by atoms with Crippen molar-refractivity contribution < 1.29 is 4.79 Å². The van der Waals surface area contributed by atoms with Gasteiger partial charge in [-0.05, 0) is 12.8 Å². The Morgan fingerprint density at radius 2 is 2.47 bits per heavy atom. The Labute approximate surface area is 87.8 Å². The van der Waals surface area contributed by atoms with E-state index >= 15 is 0 Å². The van der Waals surface area contributed by atoms with Crippen molar-refractivity contribution in [3.8, 4) is 0 Å². The number of carbonyl (C=O) groups excluding carboxylic acids is 1. The second-order valence-electron chi connectivity index (χ2n) is 3.77. The van der Waals surface area contributed by atoms with E-state index in [2.05, 4.69) is 15.6 Å². The van der Waals surface area contributed by atoms with Crippen molar-refractivity contribution in [3.05, 3.63) is 11.9 Å². The normalized spacial score (nSPS) is 15.3. The monoisotopic (exact) mass is 209 g/mol. The first kappa shape index (κ1) is 10.1. The van der Waals surface area contributed by atoms with E-state index in [0.717, 1.165) is 18.5 Å². The van der Waals surface area contributed by atoms with Gasteiger partial charge in [-0.15, -0.1) is 5.10 Å². The van der Waals surface area contributed by atoms with E-state index in [0.29, 0.717) is 25.6 Å². The molecular formula is C9H15N5O. The second kappa shape index (κ2) is 4.39.